The Morgan fingerprint density at radius 1 is 0.309 bits per heavy atom. The summed E-state index contributed by atoms with van der Waals surface area (Å²) in [7, 11) is 0. The summed E-state index contributed by atoms with van der Waals surface area (Å²) < 4.78 is 6.52. The molecular weight excluding hydrogens is 671 g/mol. The maximum atomic E-state index is 6.52. The average molecular weight is 702 g/mol. The second-order valence-electron chi connectivity index (χ2n) is 13.9. The highest BCUT2D eigenvalue weighted by molar-refractivity contribution is 6.20. The van der Waals surface area contributed by atoms with Gasteiger partial charge in [-0.2, -0.15) is 0 Å². The molecule has 0 aliphatic heterocycles. The van der Waals surface area contributed by atoms with Crippen LogP contribution < -0.4 is 0 Å². The van der Waals surface area contributed by atoms with E-state index in [1.54, 1.807) is 0 Å². The van der Waals surface area contributed by atoms with Crippen LogP contribution in [0.3, 0.4) is 0 Å². The number of furan rings is 1. The van der Waals surface area contributed by atoms with Crippen molar-refractivity contribution in [1.82, 2.24) is 15.0 Å². The third-order valence-corrected chi connectivity index (χ3v) is 10.7. The molecule has 4 heteroatoms. The van der Waals surface area contributed by atoms with Crippen LogP contribution in [-0.2, 0) is 0 Å². The molecule has 0 amide bonds. The summed E-state index contributed by atoms with van der Waals surface area (Å²) in [5.41, 5.74) is 9.09. The highest BCUT2D eigenvalue weighted by Crippen LogP contribution is 2.46. The molecule has 0 radical (unpaired) electrons. The van der Waals surface area contributed by atoms with E-state index in [9.17, 15) is 0 Å². The summed E-state index contributed by atoms with van der Waals surface area (Å²) in [4.78, 5) is 15.2. The van der Waals surface area contributed by atoms with Gasteiger partial charge in [-0.1, -0.05) is 164 Å². The molecule has 0 atom stereocenters. The zero-order valence-corrected chi connectivity index (χ0v) is 29.6. The normalized spacial score (nSPS) is 11.6. The Balaban J connectivity index is 1.19. The van der Waals surface area contributed by atoms with Crippen LogP contribution in [0.4, 0.5) is 0 Å². The standard InChI is InChI=1S/C51H31N3O/c1-3-14-34(15-4-1)49-52-50(35-16-5-2-6-17-35)54-51(53-49)42-28-27-41(39-19-9-10-20-40(39)42)47-38(29-30-46-48(47)43-21-11-12-22-45(43)55-46)36-26-25-33-24-23-32-13-7-8-18-37(32)44(33)31-36/h1-31H. The maximum absolute atomic E-state index is 6.52. The molecule has 2 aromatic heterocycles. The van der Waals surface area contributed by atoms with Gasteiger partial charge in [0.15, 0.2) is 17.5 Å². The molecule has 55 heavy (non-hydrogen) atoms. The van der Waals surface area contributed by atoms with Gasteiger partial charge in [-0.25, -0.2) is 15.0 Å². The van der Waals surface area contributed by atoms with Crippen LogP contribution in [0.5, 0.6) is 0 Å². The fraction of sp³-hybridized carbons (Fsp3) is 0. The number of rotatable bonds is 5. The Kier molecular flexibility index (Phi) is 7.14. The molecule has 2 heterocycles. The van der Waals surface area contributed by atoms with Crippen LogP contribution in [0.25, 0.3) is 111 Å². The molecule has 0 saturated heterocycles. The minimum atomic E-state index is 0.629. The van der Waals surface area contributed by atoms with Crippen molar-refractivity contribution in [3.8, 4) is 56.4 Å². The van der Waals surface area contributed by atoms with E-state index in [2.05, 4.69) is 121 Å². The van der Waals surface area contributed by atoms with Crippen LogP contribution in [0.15, 0.2) is 192 Å². The molecule has 9 aromatic carbocycles. The summed E-state index contributed by atoms with van der Waals surface area (Å²) in [6.45, 7) is 0. The third kappa shape index (κ3) is 5.19. The lowest BCUT2D eigenvalue weighted by Crippen LogP contribution is -2.00. The number of fused-ring (bicyclic) bond motifs is 7. The second-order valence-corrected chi connectivity index (χ2v) is 13.9. The molecular formula is C51H31N3O. The van der Waals surface area contributed by atoms with Gasteiger partial charge in [0.1, 0.15) is 11.2 Å². The van der Waals surface area contributed by atoms with Crippen molar-refractivity contribution in [2.45, 2.75) is 0 Å². The summed E-state index contributed by atoms with van der Waals surface area (Å²) in [6, 6.07) is 65.8. The van der Waals surface area contributed by atoms with E-state index in [-0.39, 0.29) is 0 Å². The van der Waals surface area contributed by atoms with E-state index in [4.69, 9.17) is 19.4 Å². The highest BCUT2D eigenvalue weighted by Gasteiger charge is 2.22. The Bertz CT molecular complexity index is 3200. The predicted molar refractivity (Wildman–Crippen MR) is 227 cm³/mol. The van der Waals surface area contributed by atoms with E-state index in [1.165, 1.54) is 21.5 Å². The highest BCUT2D eigenvalue weighted by atomic mass is 16.3. The lowest BCUT2D eigenvalue weighted by atomic mass is 9.86. The van der Waals surface area contributed by atoms with Crippen molar-refractivity contribution < 1.29 is 4.42 Å². The number of nitrogens with zero attached hydrogens (tertiary/aromatic N) is 3. The van der Waals surface area contributed by atoms with E-state index in [0.717, 1.165) is 71.7 Å². The van der Waals surface area contributed by atoms with Gasteiger partial charge >= 0.3 is 0 Å². The van der Waals surface area contributed by atoms with Crippen molar-refractivity contribution in [3.05, 3.63) is 188 Å². The van der Waals surface area contributed by atoms with Crippen molar-refractivity contribution >= 4 is 54.3 Å². The van der Waals surface area contributed by atoms with Crippen molar-refractivity contribution in [3.63, 3.8) is 0 Å². The van der Waals surface area contributed by atoms with Gasteiger partial charge in [0.25, 0.3) is 0 Å². The van der Waals surface area contributed by atoms with Crippen LogP contribution in [0, 0.1) is 0 Å². The van der Waals surface area contributed by atoms with Gasteiger partial charge in [0, 0.05) is 33.0 Å². The first-order valence-corrected chi connectivity index (χ1v) is 18.5. The summed E-state index contributed by atoms with van der Waals surface area (Å²) in [5.74, 6) is 1.90. The smallest absolute Gasteiger partial charge is 0.164 e. The summed E-state index contributed by atoms with van der Waals surface area (Å²) in [6.07, 6.45) is 0. The Hall–Kier alpha value is -7.43. The molecule has 0 unspecified atom stereocenters. The molecule has 0 aliphatic carbocycles. The lowest BCUT2D eigenvalue weighted by molar-refractivity contribution is 0.669. The van der Waals surface area contributed by atoms with Gasteiger partial charge in [0.05, 0.1) is 0 Å². The first-order chi connectivity index (χ1) is 27.3. The average Bonchev–Trinajstić information content (AvgIpc) is 3.65. The Labute approximate surface area is 317 Å². The zero-order chi connectivity index (χ0) is 36.3. The maximum Gasteiger partial charge on any atom is 0.164 e. The third-order valence-electron chi connectivity index (χ3n) is 10.7. The van der Waals surface area contributed by atoms with Crippen LogP contribution >= 0.6 is 0 Å². The number of para-hydroxylation sites is 1. The van der Waals surface area contributed by atoms with Gasteiger partial charge in [-0.3, -0.25) is 0 Å². The van der Waals surface area contributed by atoms with Gasteiger partial charge in [0.2, 0.25) is 0 Å². The van der Waals surface area contributed by atoms with Gasteiger partial charge in [-0.15, -0.1) is 0 Å². The van der Waals surface area contributed by atoms with E-state index in [0.29, 0.717) is 17.5 Å². The number of benzene rings is 9. The predicted octanol–water partition coefficient (Wildman–Crippen LogP) is 13.6. The van der Waals surface area contributed by atoms with Crippen molar-refractivity contribution in [1.29, 1.82) is 0 Å². The number of hydrogen-bond donors (Lipinski definition) is 0. The minimum Gasteiger partial charge on any atom is -0.456 e. The van der Waals surface area contributed by atoms with E-state index in [1.807, 2.05) is 66.7 Å². The molecule has 0 saturated carbocycles. The van der Waals surface area contributed by atoms with Gasteiger partial charge < -0.3 is 4.42 Å². The molecule has 0 spiro atoms. The SMILES string of the molecule is c1ccc(-c2nc(-c3ccccc3)nc(-c3ccc(-c4c(-c5ccc6ccc7ccccc7c6c5)ccc5oc6ccccc6c45)c4ccccc34)n2)cc1. The second kappa shape index (κ2) is 12.6. The first-order valence-electron chi connectivity index (χ1n) is 18.5. The molecule has 0 aliphatic rings. The number of hydrogen-bond acceptors (Lipinski definition) is 4. The molecule has 0 bridgehead atoms. The molecule has 11 rings (SSSR count). The quantitative estimate of drug-likeness (QED) is 0.168. The fourth-order valence-electron chi connectivity index (χ4n) is 8.15. The monoisotopic (exact) mass is 701 g/mol. The van der Waals surface area contributed by atoms with E-state index >= 15 is 0 Å². The molecule has 4 nitrogen and oxygen atoms in total. The Morgan fingerprint density at radius 3 is 1.56 bits per heavy atom. The molecule has 11 aromatic rings. The fourth-order valence-corrected chi connectivity index (χ4v) is 8.15. The Morgan fingerprint density at radius 2 is 0.836 bits per heavy atom. The lowest BCUT2D eigenvalue weighted by Gasteiger charge is -2.17. The number of aromatic nitrogens is 3. The van der Waals surface area contributed by atoms with Crippen molar-refractivity contribution in [2.75, 3.05) is 0 Å². The first kappa shape index (κ1) is 31.1. The van der Waals surface area contributed by atoms with Gasteiger partial charge in [-0.05, 0) is 73.3 Å². The zero-order valence-electron chi connectivity index (χ0n) is 29.6. The summed E-state index contributed by atoms with van der Waals surface area (Å²) in [5, 5.41) is 9.28. The molecule has 0 N–H and O–H groups in total. The van der Waals surface area contributed by atoms with Crippen LogP contribution in [0.2, 0.25) is 0 Å². The minimum absolute atomic E-state index is 0.629. The van der Waals surface area contributed by atoms with E-state index < -0.39 is 0 Å². The van der Waals surface area contributed by atoms with Crippen molar-refractivity contribution in [2.24, 2.45) is 0 Å². The van der Waals surface area contributed by atoms with Crippen LogP contribution in [0.1, 0.15) is 0 Å². The topological polar surface area (TPSA) is 51.8 Å². The summed E-state index contributed by atoms with van der Waals surface area (Å²) >= 11 is 0. The molecule has 256 valence electrons. The largest absolute Gasteiger partial charge is 0.456 e. The van der Waals surface area contributed by atoms with Crippen LogP contribution in [-0.4, -0.2) is 15.0 Å². The molecule has 0 fully saturated rings.